The summed E-state index contributed by atoms with van der Waals surface area (Å²) in [5.41, 5.74) is 1.84. The van der Waals surface area contributed by atoms with Gasteiger partial charge in [0.15, 0.2) is 12.2 Å². The molecule has 0 N–H and O–H groups in total. The molecule has 0 heterocycles. The van der Waals surface area contributed by atoms with Gasteiger partial charge in [-0.05, 0) is 146 Å². The van der Waals surface area contributed by atoms with Crippen molar-refractivity contribution in [1.29, 1.82) is 0 Å². The standard InChI is InChI=1S/C44H72O8/c1-26(13-14-34(50-29(4)46)39(52-31(6)48)35(51-30(5)47)25-49-28(3)45)32-18-22-41(9)33(32)19-23-43(11)37(41)15-16-38-42(10)21-17-27(2)40(7,8)36(42)20-24-44(38,43)12/h26-27,32-39H,13-25H2,1-12H3/t26-,27+,32-,33+,34-,35+,36+,37-,38+,39-,41+,42+,43-,44-/m1/s1. The predicted molar refractivity (Wildman–Crippen MR) is 201 cm³/mol. The van der Waals surface area contributed by atoms with Gasteiger partial charge in [-0.15, -0.1) is 0 Å². The van der Waals surface area contributed by atoms with Crippen molar-refractivity contribution >= 4 is 23.9 Å². The van der Waals surface area contributed by atoms with E-state index in [0.717, 1.165) is 30.1 Å². The first-order valence-corrected chi connectivity index (χ1v) is 20.8. The van der Waals surface area contributed by atoms with Crippen LogP contribution in [0.5, 0.6) is 0 Å². The molecule has 14 atom stereocenters. The van der Waals surface area contributed by atoms with Crippen molar-refractivity contribution < 1.29 is 38.1 Å². The number of fused-ring (bicyclic) bond motifs is 7. The van der Waals surface area contributed by atoms with Crippen LogP contribution in [0.25, 0.3) is 0 Å². The fraction of sp³-hybridized carbons (Fsp3) is 0.909. The SMILES string of the molecule is CC(=O)OC[C@H](OC(C)=O)[C@H](OC(C)=O)[C@@H](CC[C@@H](C)[C@H]1CC[C@]2(C)[C@H]3CC[C@H]4[C@@]5(C)CC[C@H](C)C(C)(C)[C@@H]5CC[C@@]4(C)[C@]3(C)CC[C@@H]12)OC(C)=O. The van der Waals surface area contributed by atoms with Gasteiger partial charge in [-0.3, -0.25) is 19.2 Å². The molecule has 5 rings (SSSR count). The molecule has 0 radical (unpaired) electrons. The van der Waals surface area contributed by atoms with Gasteiger partial charge in [0.05, 0.1) is 0 Å². The second kappa shape index (κ2) is 14.8. The van der Waals surface area contributed by atoms with Gasteiger partial charge in [-0.2, -0.15) is 0 Å². The number of ether oxygens (including phenoxy) is 4. The van der Waals surface area contributed by atoms with Crippen molar-refractivity contribution in [2.75, 3.05) is 6.61 Å². The lowest BCUT2D eigenvalue weighted by atomic mass is 9.31. The minimum Gasteiger partial charge on any atom is -0.462 e. The first-order valence-electron chi connectivity index (χ1n) is 20.8. The third-order valence-electron chi connectivity index (χ3n) is 17.3. The Balaban J connectivity index is 1.33. The lowest BCUT2D eigenvalue weighted by molar-refractivity contribution is -0.246. The summed E-state index contributed by atoms with van der Waals surface area (Å²) in [4.78, 5) is 48.4. The van der Waals surface area contributed by atoms with Gasteiger partial charge in [0.2, 0.25) is 0 Å². The molecule has 0 bridgehead atoms. The average Bonchev–Trinajstić information content (AvgIpc) is 3.39. The first kappa shape index (κ1) is 41.1. The van der Waals surface area contributed by atoms with Crippen LogP contribution < -0.4 is 0 Å². The average molecular weight is 729 g/mol. The van der Waals surface area contributed by atoms with Crippen LogP contribution in [0.3, 0.4) is 0 Å². The molecule has 296 valence electrons. The molecule has 0 aliphatic heterocycles. The van der Waals surface area contributed by atoms with E-state index in [-0.39, 0.29) is 6.61 Å². The molecular formula is C44H72O8. The van der Waals surface area contributed by atoms with E-state index < -0.39 is 42.2 Å². The zero-order valence-corrected chi connectivity index (χ0v) is 34.7. The summed E-state index contributed by atoms with van der Waals surface area (Å²) < 4.78 is 22.1. The maximum absolute atomic E-state index is 12.4. The lowest BCUT2D eigenvalue weighted by Gasteiger charge is -2.73. The summed E-state index contributed by atoms with van der Waals surface area (Å²) in [5, 5.41) is 0. The van der Waals surface area contributed by atoms with Crippen LogP contribution in [-0.4, -0.2) is 48.8 Å². The second-order valence-electron chi connectivity index (χ2n) is 20.0. The molecular weight excluding hydrogens is 656 g/mol. The Labute approximate surface area is 315 Å². The van der Waals surface area contributed by atoms with Crippen molar-refractivity contribution in [3.8, 4) is 0 Å². The van der Waals surface area contributed by atoms with E-state index >= 15 is 0 Å². The van der Waals surface area contributed by atoms with Crippen LogP contribution >= 0.6 is 0 Å². The zero-order valence-electron chi connectivity index (χ0n) is 34.7. The Morgan fingerprint density at radius 2 is 1.13 bits per heavy atom. The maximum atomic E-state index is 12.4. The van der Waals surface area contributed by atoms with Crippen LogP contribution in [-0.2, 0) is 38.1 Å². The van der Waals surface area contributed by atoms with Crippen LogP contribution in [0.1, 0.15) is 160 Å². The van der Waals surface area contributed by atoms with Crippen LogP contribution in [0.15, 0.2) is 0 Å². The number of carbonyl (C=O) groups is 4. The third-order valence-corrected chi connectivity index (χ3v) is 17.3. The fourth-order valence-corrected chi connectivity index (χ4v) is 14.4. The summed E-state index contributed by atoms with van der Waals surface area (Å²) in [6.07, 6.45) is 11.4. The highest BCUT2D eigenvalue weighted by Crippen LogP contribution is 2.78. The number of rotatable bonds is 11. The molecule has 0 aromatic rings. The van der Waals surface area contributed by atoms with E-state index in [1.54, 1.807) is 0 Å². The molecule has 5 fully saturated rings. The minimum absolute atomic E-state index is 0.304. The highest BCUT2D eigenvalue weighted by molar-refractivity contribution is 5.68. The van der Waals surface area contributed by atoms with Gasteiger partial charge >= 0.3 is 23.9 Å². The zero-order chi connectivity index (χ0) is 38.6. The summed E-state index contributed by atoms with van der Waals surface area (Å²) in [5.74, 6) is 2.42. The number of esters is 4. The van der Waals surface area contributed by atoms with Crippen molar-refractivity contribution in [2.24, 2.45) is 68.5 Å². The number of hydrogen-bond donors (Lipinski definition) is 0. The summed E-state index contributed by atoms with van der Waals surface area (Å²) in [7, 11) is 0. The van der Waals surface area contributed by atoms with Gasteiger partial charge in [0.25, 0.3) is 0 Å². The highest BCUT2D eigenvalue weighted by atomic mass is 16.6. The Morgan fingerprint density at radius 1 is 0.596 bits per heavy atom. The summed E-state index contributed by atoms with van der Waals surface area (Å²) >= 11 is 0. The Bertz CT molecular complexity index is 1360. The number of hydrogen-bond acceptors (Lipinski definition) is 8. The van der Waals surface area contributed by atoms with E-state index in [1.807, 2.05) is 0 Å². The molecule has 8 heteroatoms. The van der Waals surface area contributed by atoms with Crippen molar-refractivity contribution in [1.82, 2.24) is 0 Å². The molecule has 8 nitrogen and oxygen atoms in total. The normalized spacial score (nSPS) is 41.4. The molecule has 0 aromatic carbocycles. The Morgan fingerprint density at radius 3 is 1.71 bits per heavy atom. The summed E-state index contributed by atoms with van der Waals surface area (Å²) in [6, 6.07) is 0. The quantitative estimate of drug-likeness (QED) is 0.153. The van der Waals surface area contributed by atoms with E-state index in [0.29, 0.717) is 51.2 Å². The Kier molecular flexibility index (Phi) is 11.7. The Hall–Kier alpha value is -2.12. The smallest absolute Gasteiger partial charge is 0.303 e. The molecule has 5 aliphatic rings. The molecule has 5 saturated carbocycles. The van der Waals surface area contributed by atoms with Gasteiger partial charge in [0.1, 0.15) is 12.7 Å². The first-order chi connectivity index (χ1) is 24.1. The van der Waals surface area contributed by atoms with E-state index in [1.165, 1.54) is 91.9 Å². The van der Waals surface area contributed by atoms with Gasteiger partial charge < -0.3 is 18.9 Å². The second-order valence-corrected chi connectivity index (χ2v) is 20.0. The van der Waals surface area contributed by atoms with E-state index in [4.69, 9.17) is 18.9 Å². The topological polar surface area (TPSA) is 105 Å². The third kappa shape index (κ3) is 7.08. The molecule has 0 amide bonds. The largest absolute Gasteiger partial charge is 0.462 e. The van der Waals surface area contributed by atoms with Crippen molar-refractivity contribution in [3.63, 3.8) is 0 Å². The predicted octanol–water partition coefficient (Wildman–Crippen LogP) is 9.50. The van der Waals surface area contributed by atoms with Crippen LogP contribution in [0.2, 0.25) is 0 Å². The molecule has 52 heavy (non-hydrogen) atoms. The van der Waals surface area contributed by atoms with Crippen molar-refractivity contribution in [3.05, 3.63) is 0 Å². The van der Waals surface area contributed by atoms with Crippen molar-refractivity contribution in [2.45, 2.75) is 178 Å². The van der Waals surface area contributed by atoms with Gasteiger partial charge in [-0.1, -0.05) is 55.4 Å². The van der Waals surface area contributed by atoms with Crippen LogP contribution in [0, 0.1) is 68.5 Å². The lowest BCUT2D eigenvalue weighted by Crippen LogP contribution is -2.66. The molecule has 0 spiro atoms. The molecule has 0 unspecified atom stereocenters. The van der Waals surface area contributed by atoms with E-state index in [2.05, 4.69) is 55.4 Å². The molecule has 0 saturated heterocycles. The molecule has 5 aliphatic carbocycles. The monoisotopic (exact) mass is 729 g/mol. The van der Waals surface area contributed by atoms with Gasteiger partial charge in [0, 0.05) is 27.7 Å². The van der Waals surface area contributed by atoms with Crippen LogP contribution in [0.4, 0.5) is 0 Å². The fourth-order valence-electron chi connectivity index (χ4n) is 14.4. The minimum atomic E-state index is -1.10. The van der Waals surface area contributed by atoms with E-state index in [9.17, 15) is 19.2 Å². The summed E-state index contributed by atoms with van der Waals surface area (Å²) in [6.45, 7) is 25.6. The van der Waals surface area contributed by atoms with Gasteiger partial charge in [-0.25, -0.2) is 0 Å². The number of carbonyl (C=O) groups excluding carboxylic acids is 4. The highest BCUT2D eigenvalue weighted by Gasteiger charge is 2.70. The molecule has 0 aromatic heterocycles. The maximum Gasteiger partial charge on any atom is 0.303 e.